The smallest absolute Gasteiger partial charge is 0.267 e. The number of benzene rings is 1. The molecule has 0 aliphatic heterocycles. The second-order valence-corrected chi connectivity index (χ2v) is 3.42. The number of rotatable bonds is 2. The van der Waals surface area contributed by atoms with Gasteiger partial charge in [0.25, 0.3) is 6.43 Å². The van der Waals surface area contributed by atoms with Crippen molar-refractivity contribution in [3.05, 3.63) is 29.8 Å². The molecule has 0 saturated heterocycles. The molecule has 0 aliphatic rings. The molecular weight excluding hydrogens is 212 g/mol. The average Bonchev–Trinajstić information content (AvgIpc) is 2.27. The van der Waals surface area contributed by atoms with Gasteiger partial charge < -0.3 is 11.1 Å². The standard InChI is InChI=1S/C11H11F2N3/c1-15-7-2-3-9-6(4-7)5-8(10(12)13)11(14)16-9/h2-5,10,15H,1H3,(H2,14,16). The molecule has 0 amide bonds. The maximum atomic E-state index is 12.6. The number of nitrogens with zero attached hydrogens (tertiary/aromatic N) is 1. The van der Waals surface area contributed by atoms with Gasteiger partial charge in [-0.2, -0.15) is 0 Å². The van der Waals surface area contributed by atoms with Crippen LogP contribution in [-0.2, 0) is 0 Å². The molecule has 0 saturated carbocycles. The van der Waals surface area contributed by atoms with Gasteiger partial charge in [0.1, 0.15) is 5.82 Å². The Labute approximate surface area is 91.3 Å². The zero-order valence-corrected chi connectivity index (χ0v) is 8.67. The first-order valence-corrected chi connectivity index (χ1v) is 4.78. The highest BCUT2D eigenvalue weighted by molar-refractivity contribution is 5.84. The Hall–Kier alpha value is -1.91. The molecule has 16 heavy (non-hydrogen) atoms. The van der Waals surface area contributed by atoms with E-state index in [-0.39, 0.29) is 11.4 Å². The molecule has 0 spiro atoms. The lowest BCUT2D eigenvalue weighted by Gasteiger charge is -2.07. The third-order valence-electron chi connectivity index (χ3n) is 2.40. The Morgan fingerprint density at radius 1 is 1.31 bits per heavy atom. The summed E-state index contributed by atoms with van der Waals surface area (Å²) in [7, 11) is 1.76. The van der Waals surface area contributed by atoms with Gasteiger partial charge in [-0.3, -0.25) is 0 Å². The van der Waals surface area contributed by atoms with Crippen LogP contribution in [0.3, 0.4) is 0 Å². The summed E-state index contributed by atoms with van der Waals surface area (Å²) < 4.78 is 25.2. The predicted molar refractivity (Wildman–Crippen MR) is 60.7 cm³/mol. The van der Waals surface area contributed by atoms with E-state index in [0.29, 0.717) is 10.9 Å². The number of fused-ring (bicyclic) bond motifs is 1. The van der Waals surface area contributed by atoms with Crippen molar-refractivity contribution in [2.75, 3.05) is 18.1 Å². The summed E-state index contributed by atoms with van der Waals surface area (Å²) in [6.07, 6.45) is -2.60. The van der Waals surface area contributed by atoms with Gasteiger partial charge in [-0.25, -0.2) is 13.8 Å². The van der Waals surface area contributed by atoms with E-state index in [0.717, 1.165) is 5.69 Å². The Balaban J connectivity index is 2.65. The Bertz CT molecular complexity index is 526. The zero-order chi connectivity index (χ0) is 11.7. The number of nitrogens with one attached hydrogen (secondary N) is 1. The van der Waals surface area contributed by atoms with Gasteiger partial charge in [0.2, 0.25) is 0 Å². The lowest BCUT2D eigenvalue weighted by Crippen LogP contribution is -1.99. The van der Waals surface area contributed by atoms with Crippen molar-refractivity contribution in [1.82, 2.24) is 4.98 Å². The Kier molecular flexibility index (Phi) is 2.60. The minimum atomic E-state index is -2.60. The summed E-state index contributed by atoms with van der Waals surface area (Å²) in [5.74, 6) is -0.111. The first-order valence-electron chi connectivity index (χ1n) is 4.78. The minimum absolute atomic E-state index is 0.111. The largest absolute Gasteiger partial charge is 0.388 e. The number of nitrogen functional groups attached to an aromatic ring is 1. The molecule has 0 atom stereocenters. The van der Waals surface area contributed by atoms with Crippen molar-refractivity contribution in [3.63, 3.8) is 0 Å². The molecule has 0 unspecified atom stereocenters. The highest BCUT2D eigenvalue weighted by Gasteiger charge is 2.13. The fourth-order valence-corrected chi connectivity index (χ4v) is 1.54. The molecule has 2 aromatic rings. The molecule has 84 valence electrons. The van der Waals surface area contributed by atoms with E-state index in [9.17, 15) is 8.78 Å². The summed E-state index contributed by atoms with van der Waals surface area (Å²) >= 11 is 0. The van der Waals surface area contributed by atoms with Crippen molar-refractivity contribution in [3.8, 4) is 0 Å². The lowest BCUT2D eigenvalue weighted by molar-refractivity contribution is 0.152. The van der Waals surface area contributed by atoms with E-state index in [2.05, 4.69) is 10.3 Å². The number of pyridine rings is 1. The number of anilines is 2. The molecule has 3 nitrogen and oxygen atoms in total. The summed E-state index contributed by atoms with van der Waals surface area (Å²) in [5.41, 5.74) is 6.69. The molecule has 0 aliphatic carbocycles. The van der Waals surface area contributed by atoms with Crippen molar-refractivity contribution in [2.45, 2.75) is 6.43 Å². The quantitative estimate of drug-likeness (QED) is 0.823. The first kappa shape index (κ1) is 10.6. The Morgan fingerprint density at radius 3 is 2.69 bits per heavy atom. The molecule has 0 fully saturated rings. The molecule has 1 heterocycles. The minimum Gasteiger partial charge on any atom is -0.388 e. The van der Waals surface area contributed by atoms with Crippen molar-refractivity contribution < 1.29 is 8.78 Å². The number of hydrogen-bond acceptors (Lipinski definition) is 3. The maximum absolute atomic E-state index is 12.6. The highest BCUT2D eigenvalue weighted by Crippen LogP contribution is 2.28. The molecule has 1 aromatic heterocycles. The predicted octanol–water partition coefficient (Wildman–Crippen LogP) is 2.80. The van der Waals surface area contributed by atoms with Crippen LogP contribution >= 0.6 is 0 Å². The molecule has 0 radical (unpaired) electrons. The van der Waals surface area contributed by atoms with E-state index in [1.54, 1.807) is 19.2 Å². The highest BCUT2D eigenvalue weighted by atomic mass is 19.3. The first-order chi connectivity index (χ1) is 7.61. The van der Waals surface area contributed by atoms with Crippen LogP contribution in [-0.4, -0.2) is 12.0 Å². The van der Waals surface area contributed by atoms with Gasteiger partial charge in [-0.1, -0.05) is 0 Å². The van der Waals surface area contributed by atoms with Crippen molar-refractivity contribution >= 4 is 22.4 Å². The van der Waals surface area contributed by atoms with E-state index in [1.165, 1.54) is 6.07 Å². The van der Waals surface area contributed by atoms with E-state index in [1.807, 2.05) is 6.07 Å². The fraction of sp³-hybridized carbons (Fsp3) is 0.182. The zero-order valence-electron chi connectivity index (χ0n) is 8.67. The number of alkyl halides is 2. The topological polar surface area (TPSA) is 50.9 Å². The van der Waals surface area contributed by atoms with Gasteiger partial charge in [0, 0.05) is 18.1 Å². The van der Waals surface area contributed by atoms with Crippen LogP contribution in [0.15, 0.2) is 24.3 Å². The van der Waals surface area contributed by atoms with Crippen molar-refractivity contribution in [2.24, 2.45) is 0 Å². The van der Waals surface area contributed by atoms with Crippen LogP contribution in [0.2, 0.25) is 0 Å². The third kappa shape index (κ3) is 1.76. The van der Waals surface area contributed by atoms with E-state index >= 15 is 0 Å². The summed E-state index contributed by atoms with van der Waals surface area (Å²) in [6.45, 7) is 0. The van der Waals surface area contributed by atoms with Gasteiger partial charge in [0.05, 0.1) is 11.1 Å². The Morgan fingerprint density at radius 2 is 2.06 bits per heavy atom. The van der Waals surface area contributed by atoms with Gasteiger partial charge >= 0.3 is 0 Å². The second kappa shape index (κ2) is 3.92. The van der Waals surface area contributed by atoms with Crippen LogP contribution in [0.4, 0.5) is 20.3 Å². The SMILES string of the molecule is CNc1ccc2nc(N)c(C(F)F)cc2c1. The van der Waals surface area contributed by atoms with Gasteiger partial charge in [-0.05, 0) is 24.3 Å². The van der Waals surface area contributed by atoms with Crippen LogP contribution in [0.5, 0.6) is 0 Å². The lowest BCUT2D eigenvalue weighted by atomic mass is 10.1. The molecule has 0 bridgehead atoms. The number of halogens is 2. The molecule has 3 N–H and O–H groups in total. The number of aromatic nitrogens is 1. The van der Waals surface area contributed by atoms with Crippen LogP contribution in [0.1, 0.15) is 12.0 Å². The normalized spacial score (nSPS) is 11.0. The van der Waals surface area contributed by atoms with Crippen LogP contribution in [0, 0.1) is 0 Å². The summed E-state index contributed by atoms with van der Waals surface area (Å²) in [6, 6.07) is 6.69. The third-order valence-corrected chi connectivity index (χ3v) is 2.40. The maximum Gasteiger partial charge on any atom is 0.267 e. The van der Waals surface area contributed by atoms with Crippen LogP contribution < -0.4 is 11.1 Å². The summed E-state index contributed by atoms with van der Waals surface area (Å²) in [5, 5.41) is 3.59. The fourth-order valence-electron chi connectivity index (χ4n) is 1.54. The van der Waals surface area contributed by atoms with Gasteiger partial charge in [-0.15, -0.1) is 0 Å². The average molecular weight is 223 g/mol. The molecule has 1 aromatic carbocycles. The molecule has 5 heteroatoms. The monoisotopic (exact) mass is 223 g/mol. The number of hydrogen-bond donors (Lipinski definition) is 2. The summed E-state index contributed by atoms with van der Waals surface area (Å²) in [4.78, 5) is 3.94. The van der Waals surface area contributed by atoms with Crippen LogP contribution in [0.25, 0.3) is 10.9 Å². The van der Waals surface area contributed by atoms with E-state index < -0.39 is 6.43 Å². The number of nitrogens with two attached hydrogens (primary N) is 1. The molecule has 2 rings (SSSR count). The second-order valence-electron chi connectivity index (χ2n) is 3.42. The molecular formula is C11H11F2N3. The van der Waals surface area contributed by atoms with Gasteiger partial charge in [0.15, 0.2) is 0 Å². The van der Waals surface area contributed by atoms with E-state index in [4.69, 9.17) is 5.73 Å². The van der Waals surface area contributed by atoms with Crippen molar-refractivity contribution in [1.29, 1.82) is 0 Å².